The molecule has 0 bridgehead atoms. The van der Waals surface area contributed by atoms with Gasteiger partial charge in [0.2, 0.25) is 0 Å². The Balaban J connectivity index is 2.18. The van der Waals surface area contributed by atoms with Gasteiger partial charge in [-0.3, -0.25) is 0 Å². The highest BCUT2D eigenvalue weighted by Gasteiger charge is 2.14. The Morgan fingerprint density at radius 2 is 2.18 bits per heavy atom. The van der Waals surface area contributed by atoms with Gasteiger partial charge in [0.1, 0.15) is 5.75 Å². The van der Waals surface area contributed by atoms with E-state index in [9.17, 15) is 0 Å². The third kappa shape index (κ3) is 2.65. The number of nitrogens with zero attached hydrogens (tertiary/aromatic N) is 1. The second-order valence-electron chi connectivity index (χ2n) is 3.92. The largest absolute Gasteiger partial charge is 0.496 e. The van der Waals surface area contributed by atoms with E-state index in [0.29, 0.717) is 0 Å². The average Bonchev–Trinajstić information content (AvgIpc) is 2.76. The number of ether oxygens (including phenoxy) is 1. The molecule has 90 valence electrons. The van der Waals surface area contributed by atoms with E-state index < -0.39 is 0 Å². The molecule has 3 nitrogen and oxygen atoms in total. The smallest absolute Gasteiger partial charge is 0.122 e. The van der Waals surface area contributed by atoms with E-state index >= 15 is 0 Å². The molecule has 1 aromatic heterocycles. The summed E-state index contributed by atoms with van der Waals surface area (Å²) in [7, 11) is 1.68. The second-order valence-corrected chi connectivity index (χ2v) is 4.81. The van der Waals surface area contributed by atoms with Crippen molar-refractivity contribution >= 4 is 11.3 Å². The van der Waals surface area contributed by atoms with E-state index in [0.717, 1.165) is 28.3 Å². The highest BCUT2D eigenvalue weighted by molar-refractivity contribution is 7.09. The molecule has 0 spiro atoms. The first-order valence-electron chi connectivity index (χ1n) is 5.50. The lowest BCUT2D eigenvalue weighted by molar-refractivity contribution is 0.408. The topological polar surface area (TPSA) is 48.1 Å². The number of methoxy groups -OCH3 is 1. The van der Waals surface area contributed by atoms with E-state index in [1.54, 1.807) is 18.4 Å². The average molecular weight is 248 g/mol. The van der Waals surface area contributed by atoms with Gasteiger partial charge in [0, 0.05) is 10.9 Å². The minimum Gasteiger partial charge on any atom is -0.496 e. The minimum atomic E-state index is -0.0150. The van der Waals surface area contributed by atoms with Gasteiger partial charge in [-0.2, -0.15) is 0 Å². The van der Waals surface area contributed by atoms with Crippen molar-refractivity contribution in [3.63, 3.8) is 0 Å². The van der Waals surface area contributed by atoms with Crippen LogP contribution in [0.3, 0.4) is 0 Å². The number of benzene rings is 1. The summed E-state index contributed by atoms with van der Waals surface area (Å²) in [6, 6.07) is 7.96. The Labute approximate surface area is 105 Å². The van der Waals surface area contributed by atoms with E-state index in [2.05, 4.69) is 11.1 Å². The molecule has 1 atom stereocenters. The summed E-state index contributed by atoms with van der Waals surface area (Å²) < 4.78 is 5.33. The van der Waals surface area contributed by atoms with Crippen LogP contribution in [-0.4, -0.2) is 12.1 Å². The molecule has 1 aromatic carbocycles. The maximum Gasteiger partial charge on any atom is 0.122 e. The molecule has 2 aromatic rings. The van der Waals surface area contributed by atoms with Crippen LogP contribution < -0.4 is 10.5 Å². The molecular weight excluding hydrogens is 232 g/mol. The number of aromatic nitrogens is 1. The fourth-order valence-corrected chi connectivity index (χ4v) is 2.67. The molecule has 1 heterocycles. The summed E-state index contributed by atoms with van der Waals surface area (Å²) in [5.74, 6) is 0.894. The van der Waals surface area contributed by atoms with Crippen LogP contribution in [0.2, 0.25) is 0 Å². The van der Waals surface area contributed by atoms with Gasteiger partial charge in [0.05, 0.1) is 18.3 Å². The number of hydrogen-bond donors (Lipinski definition) is 1. The first kappa shape index (κ1) is 12.1. The van der Waals surface area contributed by atoms with E-state index in [1.807, 2.05) is 30.6 Å². The fraction of sp³-hybridized carbons (Fsp3) is 0.308. The number of aryl methyl sites for hydroxylation is 1. The van der Waals surface area contributed by atoms with Crippen LogP contribution in [0.25, 0.3) is 0 Å². The molecule has 4 heteroatoms. The molecule has 1 unspecified atom stereocenters. The predicted molar refractivity (Wildman–Crippen MR) is 70.5 cm³/mol. The Bertz CT molecular complexity index is 496. The molecule has 0 amide bonds. The third-order valence-corrected chi connectivity index (χ3v) is 3.81. The number of para-hydroxylation sites is 1. The van der Waals surface area contributed by atoms with E-state index in [-0.39, 0.29) is 6.04 Å². The van der Waals surface area contributed by atoms with Crippen LogP contribution in [0, 0.1) is 6.92 Å². The number of nitrogens with two attached hydrogens (primary N) is 1. The van der Waals surface area contributed by atoms with Gasteiger partial charge < -0.3 is 10.5 Å². The lowest BCUT2D eigenvalue weighted by atomic mass is 10.0. The van der Waals surface area contributed by atoms with Gasteiger partial charge in [-0.15, -0.1) is 11.3 Å². The van der Waals surface area contributed by atoms with E-state index in [1.165, 1.54) is 0 Å². The third-order valence-electron chi connectivity index (χ3n) is 2.75. The quantitative estimate of drug-likeness (QED) is 0.905. The number of rotatable bonds is 4. The molecule has 0 aliphatic heterocycles. The van der Waals surface area contributed by atoms with Crippen molar-refractivity contribution in [2.75, 3.05) is 7.11 Å². The van der Waals surface area contributed by atoms with Crippen LogP contribution in [0.5, 0.6) is 5.75 Å². The summed E-state index contributed by atoms with van der Waals surface area (Å²) in [5, 5.41) is 0. The summed E-state index contributed by atoms with van der Waals surface area (Å²) in [6.07, 6.45) is 0.771. The SMILES string of the molecule is COc1ccccc1CC(N)c1scnc1C. The van der Waals surface area contributed by atoms with Crippen LogP contribution in [0.15, 0.2) is 29.8 Å². The molecule has 0 saturated heterocycles. The zero-order valence-electron chi connectivity index (χ0n) is 10.0. The van der Waals surface area contributed by atoms with Gasteiger partial charge in [0.25, 0.3) is 0 Å². The lowest BCUT2D eigenvalue weighted by Gasteiger charge is -2.13. The Kier molecular flexibility index (Phi) is 3.76. The molecule has 0 aliphatic rings. The van der Waals surface area contributed by atoms with Gasteiger partial charge in [-0.1, -0.05) is 18.2 Å². The van der Waals surface area contributed by atoms with Crippen molar-refractivity contribution < 1.29 is 4.74 Å². The van der Waals surface area contributed by atoms with Gasteiger partial charge in [-0.25, -0.2) is 4.98 Å². The number of hydrogen-bond acceptors (Lipinski definition) is 4. The molecule has 2 N–H and O–H groups in total. The summed E-state index contributed by atoms with van der Waals surface area (Å²) in [6.45, 7) is 1.99. The van der Waals surface area contributed by atoms with Crippen molar-refractivity contribution in [1.82, 2.24) is 4.98 Å². The van der Waals surface area contributed by atoms with Crippen molar-refractivity contribution in [3.8, 4) is 5.75 Å². The molecule has 0 aliphatic carbocycles. The minimum absolute atomic E-state index is 0.0150. The Hall–Kier alpha value is -1.39. The lowest BCUT2D eigenvalue weighted by Crippen LogP contribution is -2.13. The first-order chi connectivity index (χ1) is 8.22. The monoisotopic (exact) mass is 248 g/mol. The van der Waals surface area contributed by atoms with Crippen LogP contribution in [0.1, 0.15) is 22.2 Å². The highest BCUT2D eigenvalue weighted by atomic mass is 32.1. The van der Waals surface area contributed by atoms with Gasteiger partial charge in [-0.05, 0) is 25.0 Å². The van der Waals surface area contributed by atoms with E-state index in [4.69, 9.17) is 10.5 Å². The number of thiazole rings is 1. The molecule has 2 rings (SSSR count). The standard InChI is InChI=1S/C13H16N2OS/c1-9-13(17-8-15-9)11(14)7-10-5-3-4-6-12(10)16-2/h3-6,8,11H,7,14H2,1-2H3. The van der Waals surface area contributed by atoms with Crippen molar-refractivity contribution in [2.45, 2.75) is 19.4 Å². The zero-order chi connectivity index (χ0) is 12.3. The molecular formula is C13H16N2OS. The summed E-state index contributed by atoms with van der Waals surface area (Å²) in [5.41, 5.74) is 10.2. The first-order valence-corrected chi connectivity index (χ1v) is 6.37. The van der Waals surface area contributed by atoms with Crippen LogP contribution in [-0.2, 0) is 6.42 Å². The van der Waals surface area contributed by atoms with Gasteiger partial charge >= 0.3 is 0 Å². The Morgan fingerprint density at radius 1 is 1.41 bits per heavy atom. The van der Waals surface area contributed by atoms with Crippen LogP contribution in [0.4, 0.5) is 0 Å². The van der Waals surface area contributed by atoms with Crippen LogP contribution >= 0.6 is 11.3 Å². The van der Waals surface area contributed by atoms with Crippen molar-refractivity contribution in [1.29, 1.82) is 0 Å². The zero-order valence-corrected chi connectivity index (χ0v) is 10.8. The predicted octanol–water partition coefficient (Wildman–Crippen LogP) is 2.70. The molecule has 0 saturated carbocycles. The second kappa shape index (κ2) is 5.29. The normalized spacial score (nSPS) is 12.4. The maximum atomic E-state index is 6.21. The molecule has 0 radical (unpaired) electrons. The maximum absolute atomic E-state index is 6.21. The molecule has 0 fully saturated rings. The summed E-state index contributed by atoms with van der Waals surface area (Å²) in [4.78, 5) is 5.38. The summed E-state index contributed by atoms with van der Waals surface area (Å²) >= 11 is 1.61. The highest BCUT2D eigenvalue weighted by Crippen LogP contribution is 2.26. The Morgan fingerprint density at radius 3 is 2.82 bits per heavy atom. The van der Waals surface area contributed by atoms with Crippen molar-refractivity contribution in [3.05, 3.63) is 45.9 Å². The van der Waals surface area contributed by atoms with Crippen molar-refractivity contribution in [2.24, 2.45) is 5.73 Å². The fourth-order valence-electron chi connectivity index (χ4n) is 1.87. The molecule has 17 heavy (non-hydrogen) atoms. The van der Waals surface area contributed by atoms with Gasteiger partial charge in [0.15, 0.2) is 0 Å².